The van der Waals surface area contributed by atoms with E-state index in [1.54, 1.807) is 29.4 Å². The standard InChI is InChI=1S/C14H21N3O2S/c1-4-9(2)12-14(19)17(10(3)13(18)16-12)7-5-11-15-6-8-20-11/h6,8-10,12H,4-5,7H2,1-3H3,(H,16,18). The summed E-state index contributed by atoms with van der Waals surface area (Å²) in [6.45, 7) is 6.36. The molecule has 0 radical (unpaired) electrons. The molecule has 20 heavy (non-hydrogen) atoms. The highest BCUT2D eigenvalue weighted by Gasteiger charge is 2.39. The molecule has 1 aliphatic rings. The summed E-state index contributed by atoms with van der Waals surface area (Å²) in [6, 6.07) is -0.789. The number of nitrogens with one attached hydrogen (secondary N) is 1. The van der Waals surface area contributed by atoms with Crippen molar-refractivity contribution in [1.29, 1.82) is 0 Å². The molecule has 2 amide bonds. The minimum atomic E-state index is -0.400. The van der Waals surface area contributed by atoms with Crippen LogP contribution in [0.2, 0.25) is 0 Å². The van der Waals surface area contributed by atoms with E-state index in [2.05, 4.69) is 10.3 Å². The molecule has 1 saturated heterocycles. The number of amides is 2. The van der Waals surface area contributed by atoms with Crippen LogP contribution in [0.1, 0.15) is 32.2 Å². The molecule has 0 spiro atoms. The quantitative estimate of drug-likeness (QED) is 0.894. The number of thiazole rings is 1. The number of hydrogen-bond acceptors (Lipinski definition) is 4. The lowest BCUT2D eigenvalue weighted by Crippen LogP contribution is -2.64. The molecule has 3 unspecified atom stereocenters. The Morgan fingerprint density at radius 2 is 2.25 bits per heavy atom. The van der Waals surface area contributed by atoms with Crippen molar-refractivity contribution in [3.63, 3.8) is 0 Å². The molecule has 1 aliphatic heterocycles. The molecule has 0 aliphatic carbocycles. The normalized spacial score (nSPS) is 24.6. The summed E-state index contributed by atoms with van der Waals surface area (Å²) in [4.78, 5) is 30.5. The van der Waals surface area contributed by atoms with Gasteiger partial charge in [0.25, 0.3) is 0 Å². The average Bonchev–Trinajstić information content (AvgIpc) is 2.95. The van der Waals surface area contributed by atoms with Crippen molar-refractivity contribution < 1.29 is 9.59 Å². The molecule has 1 N–H and O–H groups in total. The molecule has 2 rings (SSSR count). The number of hydrogen-bond donors (Lipinski definition) is 1. The number of carbonyl (C=O) groups is 2. The van der Waals surface area contributed by atoms with Crippen molar-refractivity contribution in [2.75, 3.05) is 6.54 Å². The predicted molar refractivity (Wildman–Crippen MR) is 78.4 cm³/mol. The molecule has 1 fully saturated rings. The largest absolute Gasteiger partial charge is 0.342 e. The molecule has 0 aromatic carbocycles. The number of carbonyl (C=O) groups excluding carboxylic acids is 2. The van der Waals surface area contributed by atoms with Crippen molar-refractivity contribution in [3.8, 4) is 0 Å². The van der Waals surface area contributed by atoms with Crippen LogP contribution in [0.25, 0.3) is 0 Å². The fourth-order valence-corrected chi connectivity index (χ4v) is 2.97. The fraction of sp³-hybridized carbons (Fsp3) is 0.643. The maximum Gasteiger partial charge on any atom is 0.246 e. The molecule has 2 heterocycles. The van der Waals surface area contributed by atoms with E-state index in [0.29, 0.717) is 13.0 Å². The molecule has 0 saturated carbocycles. The summed E-state index contributed by atoms with van der Waals surface area (Å²) in [6.07, 6.45) is 3.33. The fourth-order valence-electron chi connectivity index (χ4n) is 2.36. The van der Waals surface area contributed by atoms with Crippen LogP contribution in [0, 0.1) is 5.92 Å². The van der Waals surface area contributed by atoms with Crippen molar-refractivity contribution in [2.45, 2.75) is 45.7 Å². The molecule has 0 bridgehead atoms. The molecule has 3 atom stereocenters. The van der Waals surface area contributed by atoms with E-state index in [1.165, 1.54) is 0 Å². The maximum atomic E-state index is 12.5. The van der Waals surface area contributed by atoms with E-state index in [-0.39, 0.29) is 23.8 Å². The van der Waals surface area contributed by atoms with Crippen LogP contribution >= 0.6 is 11.3 Å². The highest BCUT2D eigenvalue weighted by molar-refractivity contribution is 7.09. The Morgan fingerprint density at radius 1 is 1.50 bits per heavy atom. The molecule has 1 aromatic rings. The van der Waals surface area contributed by atoms with E-state index in [0.717, 1.165) is 11.4 Å². The second kappa shape index (κ2) is 6.35. The Morgan fingerprint density at radius 3 is 2.85 bits per heavy atom. The van der Waals surface area contributed by atoms with Gasteiger partial charge in [-0.2, -0.15) is 0 Å². The van der Waals surface area contributed by atoms with Crippen LogP contribution in [-0.4, -0.2) is 40.3 Å². The summed E-state index contributed by atoms with van der Waals surface area (Å²) < 4.78 is 0. The van der Waals surface area contributed by atoms with Gasteiger partial charge in [0.1, 0.15) is 12.1 Å². The van der Waals surface area contributed by atoms with Gasteiger partial charge in [-0.05, 0) is 12.8 Å². The molecule has 5 nitrogen and oxygen atoms in total. The van der Waals surface area contributed by atoms with Gasteiger partial charge < -0.3 is 10.2 Å². The minimum Gasteiger partial charge on any atom is -0.342 e. The molecule has 6 heteroatoms. The Balaban J connectivity index is 2.07. The van der Waals surface area contributed by atoms with Gasteiger partial charge in [0.15, 0.2) is 0 Å². The topological polar surface area (TPSA) is 62.3 Å². The van der Waals surface area contributed by atoms with Gasteiger partial charge in [-0.1, -0.05) is 20.3 Å². The second-order valence-electron chi connectivity index (χ2n) is 5.26. The smallest absolute Gasteiger partial charge is 0.246 e. The van der Waals surface area contributed by atoms with E-state index in [9.17, 15) is 9.59 Å². The lowest BCUT2D eigenvalue weighted by atomic mass is 9.94. The van der Waals surface area contributed by atoms with Crippen LogP contribution in [0.4, 0.5) is 0 Å². The van der Waals surface area contributed by atoms with Crippen molar-refractivity contribution >= 4 is 23.2 Å². The predicted octanol–water partition coefficient (Wildman–Crippen LogP) is 1.45. The first kappa shape index (κ1) is 15.0. The maximum absolute atomic E-state index is 12.5. The van der Waals surface area contributed by atoms with Crippen LogP contribution < -0.4 is 5.32 Å². The highest BCUT2D eigenvalue weighted by atomic mass is 32.1. The van der Waals surface area contributed by atoms with Gasteiger partial charge in [0.2, 0.25) is 11.8 Å². The van der Waals surface area contributed by atoms with Crippen LogP contribution in [0.15, 0.2) is 11.6 Å². The van der Waals surface area contributed by atoms with Gasteiger partial charge in [-0.25, -0.2) is 4.98 Å². The van der Waals surface area contributed by atoms with E-state index in [4.69, 9.17) is 0 Å². The van der Waals surface area contributed by atoms with E-state index in [1.807, 2.05) is 19.2 Å². The van der Waals surface area contributed by atoms with Gasteiger partial charge in [0.05, 0.1) is 5.01 Å². The first-order valence-electron chi connectivity index (χ1n) is 7.03. The minimum absolute atomic E-state index is 0.0306. The van der Waals surface area contributed by atoms with Crippen LogP contribution in [-0.2, 0) is 16.0 Å². The van der Waals surface area contributed by atoms with Crippen molar-refractivity contribution in [3.05, 3.63) is 16.6 Å². The third kappa shape index (κ3) is 3.00. The first-order valence-corrected chi connectivity index (χ1v) is 7.91. The molecular weight excluding hydrogens is 274 g/mol. The van der Waals surface area contributed by atoms with Gasteiger partial charge in [-0.15, -0.1) is 11.3 Å². The third-order valence-corrected chi connectivity index (χ3v) is 4.80. The number of aromatic nitrogens is 1. The first-order chi connectivity index (χ1) is 9.54. The highest BCUT2D eigenvalue weighted by Crippen LogP contribution is 2.18. The van der Waals surface area contributed by atoms with Crippen molar-refractivity contribution in [1.82, 2.24) is 15.2 Å². The number of nitrogens with zero attached hydrogens (tertiary/aromatic N) is 2. The Bertz CT molecular complexity index is 475. The lowest BCUT2D eigenvalue weighted by molar-refractivity contribution is -0.150. The monoisotopic (exact) mass is 295 g/mol. The summed E-state index contributed by atoms with van der Waals surface area (Å²) in [7, 11) is 0. The summed E-state index contributed by atoms with van der Waals surface area (Å²) in [5.74, 6) is 0.123. The Kier molecular flexibility index (Phi) is 4.75. The second-order valence-corrected chi connectivity index (χ2v) is 6.23. The lowest BCUT2D eigenvalue weighted by Gasteiger charge is -2.39. The zero-order valence-electron chi connectivity index (χ0n) is 12.1. The molecule has 1 aromatic heterocycles. The van der Waals surface area contributed by atoms with Gasteiger partial charge >= 0.3 is 0 Å². The van der Waals surface area contributed by atoms with Crippen LogP contribution in [0.5, 0.6) is 0 Å². The van der Waals surface area contributed by atoms with Gasteiger partial charge in [-0.3, -0.25) is 9.59 Å². The zero-order chi connectivity index (χ0) is 14.7. The van der Waals surface area contributed by atoms with Crippen LogP contribution in [0.3, 0.4) is 0 Å². The Hall–Kier alpha value is -1.43. The van der Waals surface area contributed by atoms with E-state index >= 15 is 0 Å². The summed E-state index contributed by atoms with van der Waals surface area (Å²) in [5, 5.41) is 5.77. The zero-order valence-corrected chi connectivity index (χ0v) is 12.9. The average molecular weight is 295 g/mol. The van der Waals surface area contributed by atoms with E-state index < -0.39 is 6.04 Å². The third-order valence-electron chi connectivity index (χ3n) is 3.96. The molecule has 110 valence electrons. The summed E-state index contributed by atoms with van der Waals surface area (Å²) >= 11 is 1.58. The summed E-state index contributed by atoms with van der Waals surface area (Å²) in [5.41, 5.74) is 0. The van der Waals surface area contributed by atoms with Crippen molar-refractivity contribution in [2.24, 2.45) is 5.92 Å². The number of piperazine rings is 1. The van der Waals surface area contributed by atoms with Gasteiger partial charge in [0, 0.05) is 24.5 Å². The number of rotatable bonds is 5. The molecular formula is C14H21N3O2S. The Labute approximate surface area is 123 Å². The SMILES string of the molecule is CCC(C)C1NC(=O)C(C)N(CCc2nccs2)C1=O.